The minimum atomic E-state index is -0.569. The van der Waals surface area contributed by atoms with Crippen LogP contribution in [0.2, 0.25) is 0 Å². The highest BCUT2D eigenvalue weighted by Crippen LogP contribution is 2.28. The molecule has 3 rings (SSSR count). The zero-order chi connectivity index (χ0) is 14.8. The van der Waals surface area contributed by atoms with Crippen molar-refractivity contribution in [2.24, 2.45) is 5.73 Å². The number of anilines is 1. The molecule has 1 heterocycles. The van der Waals surface area contributed by atoms with Crippen molar-refractivity contribution in [3.8, 4) is 5.75 Å². The fraction of sp³-hybridized carbons (Fsp3) is 0.235. The first-order valence-electron chi connectivity index (χ1n) is 7.08. The first-order valence-corrected chi connectivity index (χ1v) is 7.08. The van der Waals surface area contributed by atoms with E-state index in [2.05, 4.69) is 0 Å². The first-order chi connectivity index (χ1) is 10.1. The van der Waals surface area contributed by atoms with E-state index in [0.29, 0.717) is 13.0 Å². The zero-order valence-corrected chi connectivity index (χ0v) is 11.7. The number of hydrogen-bond acceptors (Lipinski definition) is 3. The van der Waals surface area contributed by atoms with E-state index in [4.69, 9.17) is 5.73 Å². The van der Waals surface area contributed by atoms with Gasteiger partial charge < -0.3 is 15.7 Å². The first kappa shape index (κ1) is 13.6. The number of rotatable bonds is 3. The van der Waals surface area contributed by atoms with E-state index in [1.54, 1.807) is 29.2 Å². The van der Waals surface area contributed by atoms with Crippen LogP contribution in [-0.4, -0.2) is 23.6 Å². The molecule has 4 nitrogen and oxygen atoms in total. The maximum Gasteiger partial charge on any atom is 0.244 e. The van der Waals surface area contributed by atoms with Gasteiger partial charge in [-0.2, -0.15) is 0 Å². The Labute approximate surface area is 123 Å². The molecule has 4 heteroatoms. The molecular formula is C17H18N2O2. The third kappa shape index (κ3) is 2.76. The molecule has 0 aliphatic carbocycles. The van der Waals surface area contributed by atoms with Crippen LogP contribution < -0.4 is 10.6 Å². The van der Waals surface area contributed by atoms with Gasteiger partial charge in [0.25, 0.3) is 0 Å². The Morgan fingerprint density at radius 1 is 1.19 bits per heavy atom. The molecular weight excluding hydrogens is 264 g/mol. The number of carbonyl (C=O) groups excluding carboxylic acids is 1. The minimum absolute atomic E-state index is 0.0481. The van der Waals surface area contributed by atoms with Crippen molar-refractivity contribution in [2.45, 2.75) is 18.9 Å². The molecule has 1 amide bonds. The third-order valence-corrected chi connectivity index (χ3v) is 3.86. The second kappa shape index (κ2) is 5.58. The number of nitrogens with two attached hydrogens (primary N) is 1. The van der Waals surface area contributed by atoms with Crippen molar-refractivity contribution in [3.05, 3.63) is 59.7 Å². The second-order valence-corrected chi connectivity index (χ2v) is 5.35. The van der Waals surface area contributed by atoms with E-state index in [-0.39, 0.29) is 11.7 Å². The summed E-state index contributed by atoms with van der Waals surface area (Å²) in [5, 5.41) is 9.28. The number of hydrogen-bond donors (Lipinski definition) is 2. The van der Waals surface area contributed by atoms with Crippen molar-refractivity contribution in [1.82, 2.24) is 0 Å². The summed E-state index contributed by atoms with van der Waals surface area (Å²) in [5.41, 5.74) is 9.19. The van der Waals surface area contributed by atoms with Gasteiger partial charge in [0.15, 0.2) is 0 Å². The Balaban J connectivity index is 1.72. The monoisotopic (exact) mass is 282 g/mol. The number of phenolic OH excluding ortho intramolecular Hbond substituents is 1. The molecule has 1 aliphatic heterocycles. The van der Waals surface area contributed by atoms with E-state index in [9.17, 15) is 9.90 Å². The van der Waals surface area contributed by atoms with Crippen LogP contribution in [0.25, 0.3) is 0 Å². The largest absolute Gasteiger partial charge is 0.508 e. The summed E-state index contributed by atoms with van der Waals surface area (Å²) in [7, 11) is 0. The van der Waals surface area contributed by atoms with Crippen molar-refractivity contribution in [3.63, 3.8) is 0 Å². The molecule has 0 unspecified atom stereocenters. The molecule has 1 aliphatic rings. The summed E-state index contributed by atoms with van der Waals surface area (Å²) in [4.78, 5) is 14.3. The molecule has 21 heavy (non-hydrogen) atoms. The average Bonchev–Trinajstić information content (AvgIpc) is 2.92. The molecule has 0 aromatic heterocycles. The van der Waals surface area contributed by atoms with E-state index in [1.165, 1.54) is 5.56 Å². The number of phenols is 1. The third-order valence-electron chi connectivity index (χ3n) is 3.86. The summed E-state index contributed by atoms with van der Waals surface area (Å²) >= 11 is 0. The number of benzene rings is 2. The fourth-order valence-corrected chi connectivity index (χ4v) is 2.74. The van der Waals surface area contributed by atoms with Crippen LogP contribution in [-0.2, 0) is 17.6 Å². The average molecular weight is 282 g/mol. The van der Waals surface area contributed by atoms with E-state index in [1.807, 2.05) is 24.3 Å². The van der Waals surface area contributed by atoms with E-state index < -0.39 is 6.04 Å². The minimum Gasteiger partial charge on any atom is -0.508 e. The zero-order valence-electron chi connectivity index (χ0n) is 11.7. The normalized spacial score (nSPS) is 14.8. The van der Waals surface area contributed by atoms with Gasteiger partial charge >= 0.3 is 0 Å². The lowest BCUT2D eigenvalue weighted by molar-refractivity contribution is -0.119. The maximum atomic E-state index is 12.5. The molecule has 0 spiro atoms. The lowest BCUT2D eigenvalue weighted by Crippen LogP contribution is -2.44. The lowest BCUT2D eigenvalue weighted by Gasteiger charge is -2.21. The van der Waals surface area contributed by atoms with Crippen molar-refractivity contribution >= 4 is 11.6 Å². The van der Waals surface area contributed by atoms with Gasteiger partial charge in [0.1, 0.15) is 5.75 Å². The molecule has 0 fully saturated rings. The smallest absolute Gasteiger partial charge is 0.244 e. The van der Waals surface area contributed by atoms with Gasteiger partial charge in [-0.1, -0.05) is 30.3 Å². The SMILES string of the molecule is N[C@@H](Cc1ccc(O)cc1)C(=O)N1CCc2ccccc21. The van der Waals surface area contributed by atoms with E-state index >= 15 is 0 Å². The van der Waals surface area contributed by atoms with Gasteiger partial charge in [-0.25, -0.2) is 0 Å². The Hall–Kier alpha value is -2.33. The Kier molecular flexibility index (Phi) is 3.62. The highest BCUT2D eigenvalue weighted by atomic mass is 16.3. The van der Waals surface area contributed by atoms with Crippen LogP contribution >= 0.6 is 0 Å². The van der Waals surface area contributed by atoms with Crippen LogP contribution in [0, 0.1) is 0 Å². The summed E-state index contributed by atoms with van der Waals surface area (Å²) in [6.45, 7) is 0.696. The molecule has 0 saturated heterocycles. The number of fused-ring (bicyclic) bond motifs is 1. The molecule has 0 radical (unpaired) electrons. The quantitative estimate of drug-likeness (QED) is 0.903. The molecule has 0 saturated carbocycles. The fourth-order valence-electron chi connectivity index (χ4n) is 2.74. The predicted molar refractivity (Wildman–Crippen MR) is 82.3 cm³/mol. The number of carbonyl (C=O) groups is 1. The summed E-state index contributed by atoms with van der Waals surface area (Å²) in [6, 6.07) is 14.2. The highest BCUT2D eigenvalue weighted by molar-refractivity contribution is 5.99. The molecule has 3 N–H and O–H groups in total. The Bertz CT molecular complexity index is 652. The van der Waals surface area contributed by atoms with Crippen molar-refractivity contribution in [2.75, 3.05) is 11.4 Å². The number of amides is 1. The predicted octanol–water partition coefficient (Wildman–Crippen LogP) is 1.85. The summed E-state index contributed by atoms with van der Waals surface area (Å²) in [5.74, 6) is 0.167. The molecule has 2 aromatic carbocycles. The van der Waals surface area contributed by atoms with Gasteiger partial charge in [-0.15, -0.1) is 0 Å². The highest BCUT2D eigenvalue weighted by Gasteiger charge is 2.27. The van der Waals surface area contributed by atoms with Crippen LogP contribution in [0.15, 0.2) is 48.5 Å². The van der Waals surface area contributed by atoms with E-state index in [0.717, 1.165) is 17.7 Å². The standard InChI is InChI=1S/C17H18N2O2/c18-15(11-12-5-7-14(20)8-6-12)17(21)19-10-9-13-3-1-2-4-16(13)19/h1-8,15,20H,9-11,18H2/t15-/m0/s1. The summed E-state index contributed by atoms with van der Waals surface area (Å²) in [6.07, 6.45) is 1.35. The van der Waals surface area contributed by atoms with Gasteiger partial charge in [0.2, 0.25) is 5.91 Å². The van der Waals surface area contributed by atoms with Crippen molar-refractivity contribution in [1.29, 1.82) is 0 Å². The maximum absolute atomic E-state index is 12.5. The number of aromatic hydroxyl groups is 1. The van der Waals surface area contributed by atoms with Crippen LogP contribution in [0.1, 0.15) is 11.1 Å². The Morgan fingerprint density at radius 2 is 1.90 bits per heavy atom. The van der Waals surface area contributed by atoms with Gasteiger partial charge in [-0.3, -0.25) is 4.79 Å². The molecule has 2 aromatic rings. The number of nitrogens with zero attached hydrogens (tertiary/aromatic N) is 1. The second-order valence-electron chi connectivity index (χ2n) is 5.35. The summed E-state index contributed by atoms with van der Waals surface area (Å²) < 4.78 is 0. The van der Waals surface area contributed by atoms with Crippen LogP contribution in [0.3, 0.4) is 0 Å². The van der Waals surface area contributed by atoms with Crippen LogP contribution in [0.4, 0.5) is 5.69 Å². The van der Waals surface area contributed by atoms with Crippen LogP contribution in [0.5, 0.6) is 5.75 Å². The topological polar surface area (TPSA) is 66.6 Å². The van der Waals surface area contributed by atoms with Crippen molar-refractivity contribution < 1.29 is 9.90 Å². The molecule has 0 bridgehead atoms. The Morgan fingerprint density at radius 3 is 2.67 bits per heavy atom. The molecule has 108 valence electrons. The molecule has 1 atom stereocenters. The lowest BCUT2D eigenvalue weighted by atomic mass is 10.1. The van der Waals surface area contributed by atoms with Gasteiger partial charge in [0.05, 0.1) is 6.04 Å². The van der Waals surface area contributed by atoms with Gasteiger partial charge in [-0.05, 0) is 42.2 Å². The number of para-hydroxylation sites is 1. The van der Waals surface area contributed by atoms with Gasteiger partial charge in [0, 0.05) is 12.2 Å².